The molecule has 0 radical (unpaired) electrons. The smallest absolute Gasteiger partial charge is 0.138 e. The summed E-state index contributed by atoms with van der Waals surface area (Å²) >= 11 is 0. The van der Waals surface area contributed by atoms with E-state index in [0.29, 0.717) is 6.54 Å². The first kappa shape index (κ1) is 11.7. The Kier molecular flexibility index (Phi) is 4.84. The average Bonchev–Trinajstić information content (AvgIpc) is 2.18. The fourth-order valence-electron chi connectivity index (χ4n) is 1.18. The van der Waals surface area contributed by atoms with Gasteiger partial charge in [-0.25, -0.2) is 0 Å². The van der Waals surface area contributed by atoms with Gasteiger partial charge >= 0.3 is 0 Å². The van der Waals surface area contributed by atoms with Crippen LogP contribution in [0.3, 0.4) is 0 Å². The third kappa shape index (κ3) is 4.61. The number of aromatic nitrogens is 1. The van der Waals surface area contributed by atoms with Crippen molar-refractivity contribution in [1.82, 2.24) is 4.98 Å². The van der Waals surface area contributed by atoms with Gasteiger partial charge in [-0.1, -0.05) is 12.2 Å². The van der Waals surface area contributed by atoms with Crippen molar-refractivity contribution in [3.8, 4) is 5.75 Å². The molecule has 82 valence electrons. The van der Waals surface area contributed by atoms with Crippen molar-refractivity contribution in [2.75, 3.05) is 6.54 Å². The summed E-state index contributed by atoms with van der Waals surface area (Å²) in [6, 6.07) is 1.97. The molecule has 0 unspecified atom stereocenters. The van der Waals surface area contributed by atoms with E-state index in [1.807, 2.05) is 32.1 Å². The van der Waals surface area contributed by atoms with Crippen molar-refractivity contribution >= 4 is 6.08 Å². The number of hydrogen-bond donors (Lipinski definition) is 1. The van der Waals surface area contributed by atoms with Crippen molar-refractivity contribution in [2.45, 2.75) is 26.4 Å². The van der Waals surface area contributed by atoms with E-state index in [-0.39, 0.29) is 6.10 Å². The van der Waals surface area contributed by atoms with Crippen LogP contribution in [0.2, 0.25) is 0 Å². The minimum Gasteiger partial charge on any atom is -0.489 e. The van der Waals surface area contributed by atoms with Gasteiger partial charge in [0.05, 0.1) is 12.3 Å². The molecule has 1 rings (SSSR count). The Morgan fingerprint density at radius 2 is 2.27 bits per heavy atom. The van der Waals surface area contributed by atoms with Crippen LogP contribution in [0.15, 0.2) is 24.5 Å². The van der Waals surface area contributed by atoms with Crippen molar-refractivity contribution in [2.24, 2.45) is 5.73 Å². The Labute approximate surface area is 91.0 Å². The molecule has 0 atom stereocenters. The van der Waals surface area contributed by atoms with Crippen molar-refractivity contribution in [3.05, 3.63) is 30.1 Å². The summed E-state index contributed by atoms with van der Waals surface area (Å²) in [5, 5.41) is 0. The maximum atomic E-state index is 5.54. The third-order valence-corrected chi connectivity index (χ3v) is 1.75. The highest BCUT2D eigenvalue weighted by Crippen LogP contribution is 2.13. The molecule has 0 aliphatic rings. The van der Waals surface area contributed by atoms with Crippen LogP contribution in [0.5, 0.6) is 5.75 Å². The molecule has 1 aromatic heterocycles. The molecular weight excluding hydrogens is 188 g/mol. The molecule has 15 heavy (non-hydrogen) atoms. The summed E-state index contributed by atoms with van der Waals surface area (Å²) in [6.45, 7) is 4.67. The standard InChI is InChI=1S/C12H18N2O/c1-10(2)15-12-7-11(8-14-9-12)5-3-4-6-13/h3,5,7-10H,4,6,13H2,1-2H3/b5-3+. The van der Waals surface area contributed by atoms with Crippen LogP contribution >= 0.6 is 0 Å². The molecule has 0 spiro atoms. The normalized spacial score (nSPS) is 11.2. The summed E-state index contributed by atoms with van der Waals surface area (Å²) in [4.78, 5) is 4.11. The van der Waals surface area contributed by atoms with Gasteiger partial charge in [-0.05, 0) is 38.4 Å². The maximum Gasteiger partial charge on any atom is 0.138 e. The predicted octanol–water partition coefficient (Wildman–Crippen LogP) is 2.23. The first-order valence-corrected chi connectivity index (χ1v) is 5.20. The zero-order valence-corrected chi connectivity index (χ0v) is 9.31. The van der Waals surface area contributed by atoms with Crippen molar-refractivity contribution in [1.29, 1.82) is 0 Å². The van der Waals surface area contributed by atoms with E-state index >= 15 is 0 Å². The van der Waals surface area contributed by atoms with E-state index in [4.69, 9.17) is 10.5 Å². The van der Waals surface area contributed by atoms with Crippen LogP contribution in [-0.4, -0.2) is 17.6 Å². The Balaban J connectivity index is 2.65. The van der Waals surface area contributed by atoms with Gasteiger partial charge in [0.2, 0.25) is 0 Å². The molecule has 0 saturated carbocycles. The fourth-order valence-corrected chi connectivity index (χ4v) is 1.18. The van der Waals surface area contributed by atoms with Crippen LogP contribution in [0.25, 0.3) is 6.08 Å². The number of rotatable bonds is 5. The highest BCUT2D eigenvalue weighted by atomic mass is 16.5. The van der Waals surface area contributed by atoms with Gasteiger partial charge in [0, 0.05) is 6.20 Å². The molecule has 3 nitrogen and oxygen atoms in total. The third-order valence-electron chi connectivity index (χ3n) is 1.75. The Hall–Kier alpha value is -1.35. The zero-order chi connectivity index (χ0) is 11.1. The lowest BCUT2D eigenvalue weighted by Gasteiger charge is -2.08. The Morgan fingerprint density at radius 3 is 2.93 bits per heavy atom. The largest absolute Gasteiger partial charge is 0.489 e. The molecule has 3 heteroatoms. The van der Waals surface area contributed by atoms with Gasteiger partial charge in [-0.2, -0.15) is 0 Å². The second-order valence-electron chi connectivity index (χ2n) is 3.60. The summed E-state index contributed by atoms with van der Waals surface area (Å²) in [5.41, 5.74) is 6.44. The lowest BCUT2D eigenvalue weighted by molar-refractivity contribution is 0.241. The Morgan fingerprint density at radius 1 is 1.47 bits per heavy atom. The topological polar surface area (TPSA) is 48.1 Å². The predicted molar refractivity (Wildman–Crippen MR) is 62.7 cm³/mol. The summed E-state index contributed by atoms with van der Waals surface area (Å²) < 4.78 is 5.54. The quantitative estimate of drug-likeness (QED) is 0.803. The number of hydrogen-bond acceptors (Lipinski definition) is 3. The van der Waals surface area contributed by atoms with Crippen LogP contribution in [0.4, 0.5) is 0 Å². The van der Waals surface area contributed by atoms with Crippen molar-refractivity contribution < 1.29 is 4.74 Å². The van der Waals surface area contributed by atoms with Gasteiger partial charge in [0.1, 0.15) is 5.75 Å². The second-order valence-corrected chi connectivity index (χ2v) is 3.60. The zero-order valence-electron chi connectivity index (χ0n) is 9.31. The molecule has 0 saturated heterocycles. The highest BCUT2D eigenvalue weighted by Gasteiger charge is 1.97. The molecule has 0 bridgehead atoms. The maximum absolute atomic E-state index is 5.54. The van der Waals surface area contributed by atoms with Crippen LogP contribution in [0.1, 0.15) is 25.8 Å². The van der Waals surface area contributed by atoms with E-state index in [1.165, 1.54) is 0 Å². The van der Waals surface area contributed by atoms with Gasteiger partial charge in [-0.3, -0.25) is 4.98 Å². The first-order chi connectivity index (χ1) is 7.22. The minimum atomic E-state index is 0.176. The molecule has 1 aromatic rings. The van der Waals surface area contributed by atoms with E-state index < -0.39 is 0 Å². The molecule has 0 amide bonds. The van der Waals surface area contributed by atoms with Gasteiger partial charge < -0.3 is 10.5 Å². The molecule has 0 aliphatic heterocycles. The van der Waals surface area contributed by atoms with E-state index in [9.17, 15) is 0 Å². The van der Waals surface area contributed by atoms with E-state index in [1.54, 1.807) is 12.4 Å². The summed E-state index contributed by atoms with van der Waals surface area (Å²) in [6.07, 6.45) is 8.63. The van der Waals surface area contributed by atoms with Gasteiger partial charge in [0.15, 0.2) is 0 Å². The van der Waals surface area contributed by atoms with Crippen LogP contribution < -0.4 is 10.5 Å². The first-order valence-electron chi connectivity index (χ1n) is 5.20. The number of ether oxygens (including phenoxy) is 1. The van der Waals surface area contributed by atoms with Crippen molar-refractivity contribution in [3.63, 3.8) is 0 Å². The molecule has 2 N–H and O–H groups in total. The summed E-state index contributed by atoms with van der Waals surface area (Å²) in [7, 11) is 0. The highest BCUT2D eigenvalue weighted by molar-refractivity contribution is 5.49. The number of nitrogens with zero attached hydrogens (tertiary/aromatic N) is 1. The minimum absolute atomic E-state index is 0.176. The van der Waals surface area contributed by atoms with Gasteiger partial charge in [0.25, 0.3) is 0 Å². The second kappa shape index (κ2) is 6.19. The number of pyridine rings is 1. The Bertz CT molecular complexity index is 321. The molecule has 0 aliphatic carbocycles. The van der Waals surface area contributed by atoms with Crippen LogP contribution in [-0.2, 0) is 0 Å². The fraction of sp³-hybridized carbons (Fsp3) is 0.417. The lowest BCUT2D eigenvalue weighted by Crippen LogP contribution is -2.05. The number of nitrogens with two attached hydrogens (primary N) is 1. The summed E-state index contributed by atoms with van der Waals surface area (Å²) in [5.74, 6) is 0.805. The molecular formula is C12H18N2O. The van der Waals surface area contributed by atoms with Crippen LogP contribution in [0, 0.1) is 0 Å². The molecule has 0 fully saturated rings. The average molecular weight is 206 g/mol. The monoisotopic (exact) mass is 206 g/mol. The van der Waals surface area contributed by atoms with E-state index in [0.717, 1.165) is 17.7 Å². The lowest BCUT2D eigenvalue weighted by atomic mass is 10.2. The molecule has 0 aromatic carbocycles. The van der Waals surface area contributed by atoms with E-state index in [2.05, 4.69) is 4.98 Å². The van der Waals surface area contributed by atoms with Gasteiger partial charge in [-0.15, -0.1) is 0 Å². The molecule has 1 heterocycles. The SMILES string of the molecule is CC(C)Oc1cncc(/C=C/CCN)c1.